The van der Waals surface area contributed by atoms with Gasteiger partial charge < -0.3 is 20.1 Å². The van der Waals surface area contributed by atoms with Crippen LogP contribution in [0.4, 0.5) is 5.82 Å². The molecule has 3 atom stereocenters. The summed E-state index contributed by atoms with van der Waals surface area (Å²) in [5, 5.41) is 13.0. The maximum Gasteiger partial charge on any atom is 0.251 e. The molecule has 2 aliphatic rings. The predicted molar refractivity (Wildman–Crippen MR) is 83.0 cm³/mol. The van der Waals surface area contributed by atoms with E-state index in [2.05, 4.69) is 15.2 Å². The standard InChI is InChI=1S/C16H23N3O3/c1-22-13-5-4-12(15(13)20)18-16(21)11-6-7-17-14(10-11)19-8-2-3-9-19/h6-7,10,12-13,15,20H,2-5,8-9H2,1H3,(H,18,21)/t12-,13-,15-/m1/s1. The van der Waals surface area contributed by atoms with E-state index < -0.39 is 6.10 Å². The van der Waals surface area contributed by atoms with Crippen LogP contribution in [-0.4, -0.2) is 54.4 Å². The minimum absolute atomic E-state index is 0.163. The molecule has 1 aromatic rings. The van der Waals surface area contributed by atoms with Gasteiger partial charge in [0.05, 0.1) is 12.1 Å². The number of anilines is 1. The lowest BCUT2D eigenvalue weighted by molar-refractivity contribution is 0.000207. The monoisotopic (exact) mass is 305 g/mol. The first-order chi connectivity index (χ1) is 10.7. The van der Waals surface area contributed by atoms with Crippen LogP contribution in [0.25, 0.3) is 0 Å². The van der Waals surface area contributed by atoms with E-state index in [-0.39, 0.29) is 18.1 Å². The van der Waals surface area contributed by atoms with Crippen molar-refractivity contribution in [3.63, 3.8) is 0 Å². The largest absolute Gasteiger partial charge is 0.388 e. The average Bonchev–Trinajstić information content (AvgIpc) is 3.18. The van der Waals surface area contributed by atoms with Crippen LogP contribution in [0.3, 0.4) is 0 Å². The number of pyridine rings is 1. The summed E-state index contributed by atoms with van der Waals surface area (Å²) in [6, 6.07) is 3.29. The second kappa shape index (κ2) is 6.62. The van der Waals surface area contributed by atoms with Crippen LogP contribution in [0.5, 0.6) is 0 Å². The first-order valence-corrected chi connectivity index (χ1v) is 7.92. The fourth-order valence-electron chi connectivity index (χ4n) is 3.29. The van der Waals surface area contributed by atoms with Gasteiger partial charge in [0.15, 0.2) is 0 Å². The minimum Gasteiger partial charge on any atom is -0.388 e. The summed E-state index contributed by atoms with van der Waals surface area (Å²) in [6.45, 7) is 1.99. The highest BCUT2D eigenvalue weighted by atomic mass is 16.5. The molecule has 1 amide bonds. The van der Waals surface area contributed by atoms with E-state index in [1.807, 2.05) is 6.07 Å². The molecule has 0 bridgehead atoms. The second-order valence-corrected chi connectivity index (χ2v) is 6.02. The van der Waals surface area contributed by atoms with Gasteiger partial charge in [0, 0.05) is 32.0 Å². The van der Waals surface area contributed by atoms with E-state index in [1.165, 1.54) is 12.8 Å². The van der Waals surface area contributed by atoms with Gasteiger partial charge in [-0.1, -0.05) is 0 Å². The summed E-state index contributed by atoms with van der Waals surface area (Å²) in [7, 11) is 1.59. The van der Waals surface area contributed by atoms with Crippen molar-refractivity contribution in [1.29, 1.82) is 0 Å². The van der Waals surface area contributed by atoms with Gasteiger partial charge in [-0.05, 0) is 37.8 Å². The Morgan fingerprint density at radius 1 is 1.41 bits per heavy atom. The van der Waals surface area contributed by atoms with Crippen molar-refractivity contribution in [3.8, 4) is 0 Å². The molecule has 120 valence electrons. The number of amides is 1. The number of methoxy groups -OCH3 is 1. The Bertz CT molecular complexity index is 531. The van der Waals surface area contributed by atoms with Crippen molar-refractivity contribution in [3.05, 3.63) is 23.9 Å². The molecule has 1 aliphatic heterocycles. The van der Waals surface area contributed by atoms with E-state index in [0.29, 0.717) is 5.56 Å². The van der Waals surface area contributed by atoms with Crippen molar-refractivity contribution in [2.24, 2.45) is 0 Å². The van der Waals surface area contributed by atoms with E-state index in [4.69, 9.17) is 4.74 Å². The highest BCUT2D eigenvalue weighted by Gasteiger charge is 2.35. The van der Waals surface area contributed by atoms with Crippen LogP contribution in [0.2, 0.25) is 0 Å². The molecular formula is C16H23N3O3. The number of hydrogen-bond donors (Lipinski definition) is 2. The van der Waals surface area contributed by atoms with E-state index >= 15 is 0 Å². The normalized spacial score (nSPS) is 28.1. The lowest BCUT2D eigenvalue weighted by Gasteiger charge is -2.20. The summed E-state index contributed by atoms with van der Waals surface area (Å²) >= 11 is 0. The minimum atomic E-state index is -0.645. The molecule has 0 radical (unpaired) electrons. The Morgan fingerprint density at radius 3 is 2.86 bits per heavy atom. The quantitative estimate of drug-likeness (QED) is 0.866. The number of aromatic nitrogens is 1. The first-order valence-electron chi connectivity index (χ1n) is 7.92. The summed E-state index contributed by atoms with van der Waals surface area (Å²) in [5.74, 6) is 0.690. The summed E-state index contributed by atoms with van der Waals surface area (Å²) in [5.41, 5.74) is 0.588. The van der Waals surface area contributed by atoms with E-state index in [1.54, 1.807) is 19.4 Å². The van der Waals surface area contributed by atoms with Gasteiger partial charge in [-0.2, -0.15) is 0 Å². The molecule has 1 saturated carbocycles. The first kappa shape index (κ1) is 15.2. The number of nitrogens with zero attached hydrogens (tertiary/aromatic N) is 2. The summed E-state index contributed by atoms with van der Waals surface area (Å²) in [6.07, 6.45) is 4.67. The number of rotatable bonds is 4. The topological polar surface area (TPSA) is 74.7 Å². The van der Waals surface area contributed by atoms with E-state index in [0.717, 1.165) is 31.7 Å². The van der Waals surface area contributed by atoms with Crippen LogP contribution < -0.4 is 10.2 Å². The molecular weight excluding hydrogens is 282 g/mol. The fourth-order valence-corrected chi connectivity index (χ4v) is 3.29. The van der Waals surface area contributed by atoms with Crippen molar-refractivity contribution >= 4 is 11.7 Å². The van der Waals surface area contributed by atoms with Crippen molar-refractivity contribution in [1.82, 2.24) is 10.3 Å². The molecule has 1 aliphatic carbocycles. The third-order valence-electron chi connectivity index (χ3n) is 4.61. The molecule has 1 saturated heterocycles. The predicted octanol–water partition coefficient (Wildman–Crippen LogP) is 0.950. The number of aliphatic hydroxyl groups is 1. The Kier molecular flexibility index (Phi) is 4.59. The zero-order valence-electron chi connectivity index (χ0n) is 12.9. The third kappa shape index (κ3) is 3.08. The van der Waals surface area contributed by atoms with Crippen molar-refractivity contribution in [2.75, 3.05) is 25.1 Å². The van der Waals surface area contributed by atoms with Gasteiger partial charge in [-0.3, -0.25) is 4.79 Å². The van der Waals surface area contributed by atoms with Crippen molar-refractivity contribution in [2.45, 2.75) is 43.9 Å². The van der Waals surface area contributed by atoms with Gasteiger partial charge in [0.1, 0.15) is 11.9 Å². The SMILES string of the molecule is CO[C@@H]1CC[C@@H](NC(=O)c2ccnc(N3CCCC3)c2)[C@H]1O. The zero-order chi connectivity index (χ0) is 15.5. The number of ether oxygens (including phenoxy) is 1. The Labute approximate surface area is 130 Å². The molecule has 0 unspecified atom stereocenters. The lowest BCUT2D eigenvalue weighted by Crippen LogP contribution is -2.43. The number of hydrogen-bond acceptors (Lipinski definition) is 5. The van der Waals surface area contributed by atoms with Crippen molar-refractivity contribution < 1.29 is 14.6 Å². The van der Waals surface area contributed by atoms with Crippen LogP contribution in [-0.2, 0) is 4.74 Å². The Balaban J connectivity index is 1.66. The molecule has 2 fully saturated rings. The molecule has 2 N–H and O–H groups in total. The second-order valence-electron chi connectivity index (χ2n) is 6.02. The maximum atomic E-state index is 12.4. The fraction of sp³-hybridized carbons (Fsp3) is 0.625. The highest BCUT2D eigenvalue weighted by Crippen LogP contribution is 2.23. The molecule has 6 nitrogen and oxygen atoms in total. The number of carbonyl (C=O) groups is 1. The van der Waals surface area contributed by atoms with Crippen LogP contribution in [0.15, 0.2) is 18.3 Å². The van der Waals surface area contributed by atoms with Crippen LogP contribution >= 0.6 is 0 Å². The number of nitrogens with one attached hydrogen (secondary N) is 1. The van der Waals surface area contributed by atoms with Gasteiger partial charge in [0.25, 0.3) is 5.91 Å². The van der Waals surface area contributed by atoms with Gasteiger partial charge in [-0.25, -0.2) is 4.98 Å². The lowest BCUT2D eigenvalue weighted by atomic mass is 10.1. The highest BCUT2D eigenvalue weighted by molar-refractivity contribution is 5.95. The maximum absolute atomic E-state index is 12.4. The molecule has 2 heterocycles. The molecule has 22 heavy (non-hydrogen) atoms. The summed E-state index contributed by atoms with van der Waals surface area (Å²) < 4.78 is 5.21. The van der Waals surface area contributed by atoms with Crippen LogP contribution in [0.1, 0.15) is 36.0 Å². The average molecular weight is 305 g/mol. The van der Waals surface area contributed by atoms with Crippen LogP contribution in [0, 0.1) is 0 Å². The molecule has 0 spiro atoms. The van der Waals surface area contributed by atoms with Gasteiger partial charge >= 0.3 is 0 Å². The molecule has 3 rings (SSSR count). The number of carbonyl (C=O) groups excluding carboxylic acids is 1. The van der Waals surface area contributed by atoms with Gasteiger partial charge in [0.2, 0.25) is 0 Å². The Hall–Kier alpha value is -1.66. The molecule has 1 aromatic heterocycles. The Morgan fingerprint density at radius 2 is 2.18 bits per heavy atom. The van der Waals surface area contributed by atoms with E-state index in [9.17, 15) is 9.90 Å². The smallest absolute Gasteiger partial charge is 0.251 e. The van der Waals surface area contributed by atoms with Gasteiger partial charge in [-0.15, -0.1) is 0 Å². The molecule has 6 heteroatoms. The zero-order valence-corrected chi connectivity index (χ0v) is 12.9. The number of aliphatic hydroxyl groups excluding tert-OH is 1. The summed E-state index contributed by atoms with van der Waals surface area (Å²) in [4.78, 5) is 18.9. The third-order valence-corrected chi connectivity index (χ3v) is 4.61. The molecule has 0 aromatic carbocycles.